The molecule has 1 spiro atoms. The summed E-state index contributed by atoms with van der Waals surface area (Å²) in [7, 11) is 0. The highest BCUT2D eigenvalue weighted by Crippen LogP contribution is 2.48. The molecule has 2 saturated carbocycles. The number of aliphatic hydroxyl groups is 1. The summed E-state index contributed by atoms with van der Waals surface area (Å²) in [5.41, 5.74) is 1.43. The number of rotatable bonds is 7. The van der Waals surface area contributed by atoms with Crippen LogP contribution in [0.15, 0.2) is 24.3 Å². The van der Waals surface area contributed by atoms with Crippen molar-refractivity contribution < 1.29 is 19.7 Å². The first-order valence-electron chi connectivity index (χ1n) is 10.7. The van der Waals surface area contributed by atoms with E-state index in [-0.39, 0.29) is 18.9 Å². The fourth-order valence-electron chi connectivity index (χ4n) is 5.21. The Hall–Kier alpha value is -1.55. The molecule has 4 nitrogen and oxygen atoms in total. The van der Waals surface area contributed by atoms with E-state index in [1.54, 1.807) is 0 Å². The molecule has 2 unspecified atom stereocenters. The second-order valence-corrected chi connectivity index (χ2v) is 8.73. The minimum absolute atomic E-state index is 0.0547. The van der Waals surface area contributed by atoms with Crippen LogP contribution in [0.2, 0.25) is 0 Å². The molecule has 1 aromatic carbocycles. The van der Waals surface area contributed by atoms with Crippen LogP contribution in [0.5, 0.6) is 5.75 Å². The lowest BCUT2D eigenvalue weighted by Gasteiger charge is -2.40. The Balaban J connectivity index is 1.52. The number of ether oxygens (including phenoxy) is 1. The van der Waals surface area contributed by atoms with Gasteiger partial charge in [0.1, 0.15) is 5.75 Å². The van der Waals surface area contributed by atoms with Crippen molar-refractivity contribution in [3.8, 4) is 5.75 Å². The van der Waals surface area contributed by atoms with E-state index in [1.165, 1.54) is 64.2 Å². The van der Waals surface area contributed by atoms with E-state index >= 15 is 0 Å². The van der Waals surface area contributed by atoms with Gasteiger partial charge in [-0.1, -0.05) is 44.2 Å². The third-order valence-electron chi connectivity index (χ3n) is 6.68. The number of carbonyl (C=O) groups is 1. The summed E-state index contributed by atoms with van der Waals surface area (Å²) in [6.45, 7) is 0.621. The van der Waals surface area contributed by atoms with Crippen LogP contribution >= 0.6 is 0 Å². The molecule has 0 amide bonds. The SMILES string of the molecule is O=C(O)CC(CO)c1ccc(OCC2CCCC3(CCCCCC3)C2)cc1. The molecule has 150 valence electrons. The van der Waals surface area contributed by atoms with Crippen LogP contribution in [0.25, 0.3) is 0 Å². The van der Waals surface area contributed by atoms with Gasteiger partial charge in [-0.3, -0.25) is 4.79 Å². The van der Waals surface area contributed by atoms with Crippen LogP contribution < -0.4 is 4.74 Å². The van der Waals surface area contributed by atoms with E-state index < -0.39 is 5.97 Å². The van der Waals surface area contributed by atoms with Crippen molar-refractivity contribution >= 4 is 5.97 Å². The molecule has 4 heteroatoms. The molecule has 0 heterocycles. The average molecular weight is 375 g/mol. The Morgan fingerprint density at radius 2 is 1.74 bits per heavy atom. The Kier molecular flexibility index (Phi) is 7.17. The molecule has 0 saturated heterocycles. The molecule has 1 aromatic rings. The summed E-state index contributed by atoms with van der Waals surface area (Å²) in [5, 5.41) is 18.4. The fraction of sp³-hybridized carbons (Fsp3) is 0.696. The minimum Gasteiger partial charge on any atom is -0.493 e. The number of aliphatic carboxylic acids is 1. The molecule has 2 aliphatic rings. The smallest absolute Gasteiger partial charge is 0.304 e. The topological polar surface area (TPSA) is 66.8 Å². The van der Waals surface area contributed by atoms with Crippen LogP contribution in [-0.2, 0) is 4.79 Å². The van der Waals surface area contributed by atoms with Crippen LogP contribution in [-0.4, -0.2) is 29.4 Å². The first-order chi connectivity index (χ1) is 13.1. The van der Waals surface area contributed by atoms with Gasteiger partial charge < -0.3 is 14.9 Å². The maximum atomic E-state index is 10.9. The second-order valence-electron chi connectivity index (χ2n) is 8.73. The lowest BCUT2D eigenvalue weighted by atomic mass is 9.66. The highest BCUT2D eigenvalue weighted by atomic mass is 16.5. The molecule has 2 aliphatic carbocycles. The number of aliphatic hydroxyl groups excluding tert-OH is 1. The van der Waals surface area contributed by atoms with E-state index in [0.717, 1.165) is 17.9 Å². The van der Waals surface area contributed by atoms with Gasteiger partial charge in [0, 0.05) is 5.92 Å². The molecule has 0 radical (unpaired) electrons. The van der Waals surface area contributed by atoms with Crippen molar-refractivity contribution in [3.05, 3.63) is 29.8 Å². The maximum absolute atomic E-state index is 10.9. The van der Waals surface area contributed by atoms with Crippen LogP contribution in [0.3, 0.4) is 0 Å². The van der Waals surface area contributed by atoms with Crippen molar-refractivity contribution in [3.63, 3.8) is 0 Å². The predicted molar refractivity (Wildman–Crippen MR) is 106 cm³/mol. The summed E-state index contributed by atoms with van der Waals surface area (Å²) >= 11 is 0. The minimum atomic E-state index is -0.890. The van der Waals surface area contributed by atoms with E-state index in [4.69, 9.17) is 9.84 Å². The largest absolute Gasteiger partial charge is 0.493 e. The summed E-state index contributed by atoms with van der Waals surface area (Å²) in [6, 6.07) is 7.58. The zero-order valence-corrected chi connectivity index (χ0v) is 16.4. The molecule has 0 aliphatic heterocycles. The molecular formula is C23H34O4. The Morgan fingerprint density at radius 1 is 1.07 bits per heavy atom. The molecule has 2 atom stereocenters. The highest BCUT2D eigenvalue weighted by molar-refractivity contribution is 5.68. The Morgan fingerprint density at radius 3 is 2.37 bits per heavy atom. The van der Waals surface area contributed by atoms with E-state index in [1.807, 2.05) is 24.3 Å². The Bertz CT molecular complexity index is 587. The zero-order chi connectivity index (χ0) is 19.1. The van der Waals surface area contributed by atoms with Gasteiger partial charge in [-0.15, -0.1) is 0 Å². The zero-order valence-electron chi connectivity index (χ0n) is 16.4. The first-order valence-corrected chi connectivity index (χ1v) is 10.7. The highest BCUT2D eigenvalue weighted by Gasteiger charge is 2.36. The predicted octanol–water partition coefficient (Wildman–Crippen LogP) is 5.15. The van der Waals surface area contributed by atoms with Gasteiger partial charge in [-0.05, 0) is 61.1 Å². The first kappa shape index (κ1) is 20.2. The maximum Gasteiger partial charge on any atom is 0.304 e. The lowest BCUT2D eigenvalue weighted by molar-refractivity contribution is -0.137. The van der Waals surface area contributed by atoms with Gasteiger partial charge >= 0.3 is 5.97 Å². The summed E-state index contributed by atoms with van der Waals surface area (Å²) in [4.78, 5) is 10.9. The Labute approximate surface area is 162 Å². The van der Waals surface area contributed by atoms with Crippen molar-refractivity contribution in [1.82, 2.24) is 0 Å². The molecule has 3 rings (SSSR count). The van der Waals surface area contributed by atoms with Gasteiger partial charge in [-0.2, -0.15) is 0 Å². The number of benzene rings is 1. The van der Waals surface area contributed by atoms with Crippen molar-refractivity contribution in [2.24, 2.45) is 11.3 Å². The van der Waals surface area contributed by atoms with Crippen molar-refractivity contribution in [2.45, 2.75) is 76.5 Å². The summed E-state index contributed by atoms with van der Waals surface area (Å²) in [5.74, 6) is 0.240. The van der Waals surface area contributed by atoms with Crippen molar-refractivity contribution in [2.75, 3.05) is 13.2 Å². The molecule has 27 heavy (non-hydrogen) atoms. The van der Waals surface area contributed by atoms with Crippen LogP contribution in [0, 0.1) is 11.3 Å². The molecule has 2 fully saturated rings. The number of carboxylic acids is 1. The lowest BCUT2D eigenvalue weighted by Crippen LogP contribution is -2.31. The van der Waals surface area contributed by atoms with Crippen LogP contribution in [0.4, 0.5) is 0 Å². The third kappa shape index (κ3) is 5.71. The van der Waals surface area contributed by atoms with Gasteiger partial charge in [-0.25, -0.2) is 0 Å². The molecule has 0 aromatic heterocycles. The summed E-state index contributed by atoms with van der Waals surface area (Å²) < 4.78 is 6.08. The normalized spacial score (nSPS) is 23.5. The van der Waals surface area contributed by atoms with E-state index in [2.05, 4.69) is 0 Å². The van der Waals surface area contributed by atoms with Gasteiger partial charge in [0.25, 0.3) is 0 Å². The van der Waals surface area contributed by atoms with Gasteiger partial charge in [0.15, 0.2) is 0 Å². The number of hydrogen-bond acceptors (Lipinski definition) is 3. The molecule has 2 N–H and O–H groups in total. The average Bonchev–Trinajstić information content (AvgIpc) is 2.90. The van der Waals surface area contributed by atoms with Crippen LogP contribution in [0.1, 0.15) is 82.1 Å². The number of carboxylic acid groups (broad SMARTS) is 1. The van der Waals surface area contributed by atoms with Gasteiger partial charge in [0.05, 0.1) is 19.6 Å². The molecular weight excluding hydrogens is 340 g/mol. The quantitative estimate of drug-likeness (QED) is 0.693. The van der Waals surface area contributed by atoms with E-state index in [9.17, 15) is 9.90 Å². The number of hydrogen-bond donors (Lipinski definition) is 2. The standard InChI is InChI=1S/C23H34O4/c24-16-20(14-22(25)26)19-7-9-21(10-8-19)27-17-18-6-5-13-23(15-18)11-3-1-2-4-12-23/h7-10,18,20,24H,1-6,11-17H2,(H,25,26). The summed E-state index contributed by atoms with van der Waals surface area (Å²) in [6.07, 6.45) is 13.7. The monoisotopic (exact) mass is 374 g/mol. The van der Waals surface area contributed by atoms with E-state index in [0.29, 0.717) is 11.3 Å². The second kappa shape index (κ2) is 9.59. The third-order valence-corrected chi connectivity index (χ3v) is 6.68. The van der Waals surface area contributed by atoms with Crippen molar-refractivity contribution in [1.29, 1.82) is 0 Å². The molecule has 0 bridgehead atoms. The van der Waals surface area contributed by atoms with Gasteiger partial charge in [0.2, 0.25) is 0 Å². The fourth-order valence-corrected chi connectivity index (χ4v) is 5.21.